The topological polar surface area (TPSA) is 86.8 Å². The van der Waals surface area contributed by atoms with Crippen molar-refractivity contribution < 1.29 is 18.0 Å². The van der Waals surface area contributed by atoms with Gasteiger partial charge in [-0.3, -0.25) is 13.9 Å². The Kier molecular flexibility index (Phi) is 11.3. The Morgan fingerprint density at radius 2 is 1.52 bits per heavy atom. The first kappa shape index (κ1) is 30.9. The van der Waals surface area contributed by atoms with Crippen LogP contribution in [0.4, 0.5) is 5.69 Å². The zero-order valence-electron chi connectivity index (χ0n) is 23.9. The van der Waals surface area contributed by atoms with Crippen molar-refractivity contribution in [2.24, 2.45) is 0 Å². The predicted molar refractivity (Wildman–Crippen MR) is 161 cm³/mol. The van der Waals surface area contributed by atoms with Crippen LogP contribution in [-0.4, -0.2) is 50.0 Å². The molecule has 40 heavy (non-hydrogen) atoms. The van der Waals surface area contributed by atoms with Gasteiger partial charge in [0.05, 0.1) is 11.9 Å². The third-order valence-electron chi connectivity index (χ3n) is 6.90. The van der Waals surface area contributed by atoms with Crippen LogP contribution in [0, 0.1) is 6.92 Å². The minimum atomic E-state index is -3.53. The van der Waals surface area contributed by atoms with Crippen molar-refractivity contribution in [1.82, 2.24) is 10.2 Å². The third kappa shape index (κ3) is 9.23. The van der Waals surface area contributed by atoms with Gasteiger partial charge in [-0.05, 0) is 49.9 Å². The molecule has 2 atom stereocenters. The third-order valence-corrected chi connectivity index (χ3v) is 8.10. The lowest BCUT2D eigenvalue weighted by molar-refractivity contribution is -0.141. The standard InChI is InChI=1S/C32H41N3O4S/c1-5-26(3)33-32(37)30(23-27-15-8-6-9-16-27)34(24-28-17-12-14-25(2)22-28)31(36)20-13-21-35(40(4,38)39)29-18-10-7-11-19-29/h6-12,14-19,22,26,30H,5,13,20-21,23-24H2,1-4H3,(H,33,37)/t26-,30+/m1/s1. The summed E-state index contributed by atoms with van der Waals surface area (Å²) in [6, 6.07) is 25.7. The molecule has 0 fully saturated rings. The molecule has 0 bridgehead atoms. The van der Waals surface area contributed by atoms with Crippen LogP contribution in [0.3, 0.4) is 0 Å². The summed E-state index contributed by atoms with van der Waals surface area (Å²) in [7, 11) is -3.53. The van der Waals surface area contributed by atoms with E-state index in [2.05, 4.69) is 5.32 Å². The molecule has 0 spiro atoms. The number of benzene rings is 3. The van der Waals surface area contributed by atoms with Crippen LogP contribution in [0.5, 0.6) is 0 Å². The van der Waals surface area contributed by atoms with Gasteiger partial charge in [0.1, 0.15) is 6.04 Å². The van der Waals surface area contributed by atoms with Crippen molar-refractivity contribution in [3.8, 4) is 0 Å². The second-order valence-electron chi connectivity index (χ2n) is 10.3. The quantitative estimate of drug-likeness (QED) is 0.296. The van der Waals surface area contributed by atoms with Gasteiger partial charge in [-0.25, -0.2) is 8.42 Å². The first-order chi connectivity index (χ1) is 19.1. The minimum absolute atomic E-state index is 0.0316. The average Bonchev–Trinajstić information content (AvgIpc) is 2.93. The van der Waals surface area contributed by atoms with E-state index < -0.39 is 16.1 Å². The molecule has 0 aliphatic heterocycles. The zero-order valence-corrected chi connectivity index (χ0v) is 24.7. The number of anilines is 1. The SMILES string of the molecule is CC[C@@H](C)NC(=O)[C@H](Cc1ccccc1)N(Cc1cccc(C)c1)C(=O)CCCN(c1ccccc1)S(C)(=O)=O. The van der Waals surface area contributed by atoms with Gasteiger partial charge in [0.2, 0.25) is 21.8 Å². The van der Waals surface area contributed by atoms with E-state index in [-0.39, 0.29) is 37.4 Å². The fraction of sp³-hybridized carbons (Fsp3) is 0.375. The fourth-order valence-corrected chi connectivity index (χ4v) is 5.57. The van der Waals surface area contributed by atoms with E-state index in [1.54, 1.807) is 29.2 Å². The monoisotopic (exact) mass is 563 g/mol. The summed E-state index contributed by atoms with van der Waals surface area (Å²) >= 11 is 0. The molecule has 214 valence electrons. The van der Waals surface area contributed by atoms with E-state index in [0.29, 0.717) is 18.5 Å². The number of nitrogens with one attached hydrogen (secondary N) is 1. The molecule has 1 N–H and O–H groups in total. The summed E-state index contributed by atoms with van der Waals surface area (Å²) in [6.45, 7) is 6.40. The van der Waals surface area contributed by atoms with Gasteiger partial charge >= 0.3 is 0 Å². The van der Waals surface area contributed by atoms with Gasteiger partial charge in [0, 0.05) is 32.0 Å². The number of sulfonamides is 1. The molecule has 0 heterocycles. The molecule has 0 saturated heterocycles. The highest BCUT2D eigenvalue weighted by atomic mass is 32.2. The van der Waals surface area contributed by atoms with Crippen molar-refractivity contribution in [2.45, 2.75) is 65.1 Å². The molecule has 7 nitrogen and oxygen atoms in total. The summed E-state index contributed by atoms with van der Waals surface area (Å²) in [5.74, 6) is -0.385. The number of nitrogens with zero attached hydrogens (tertiary/aromatic N) is 2. The number of para-hydroxylation sites is 1. The van der Waals surface area contributed by atoms with E-state index in [1.165, 1.54) is 10.6 Å². The maximum atomic E-state index is 13.9. The van der Waals surface area contributed by atoms with Gasteiger partial charge in [-0.2, -0.15) is 0 Å². The smallest absolute Gasteiger partial charge is 0.243 e. The lowest BCUT2D eigenvalue weighted by Gasteiger charge is -2.33. The highest BCUT2D eigenvalue weighted by molar-refractivity contribution is 7.92. The molecule has 3 aromatic carbocycles. The Labute approximate surface area is 239 Å². The van der Waals surface area contributed by atoms with E-state index in [1.807, 2.05) is 81.4 Å². The molecule has 0 radical (unpaired) electrons. The van der Waals surface area contributed by atoms with Crippen LogP contribution in [0.2, 0.25) is 0 Å². The molecule has 0 unspecified atom stereocenters. The predicted octanol–water partition coefficient (Wildman–Crippen LogP) is 5.10. The Bertz CT molecular complexity index is 1350. The molecule has 0 saturated carbocycles. The molecule has 0 aliphatic rings. The lowest BCUT2D eigenvalue weighted by Crippen LogP contribution is -2.52. The number of carbonyl (C=O) groups excluding carboxylic acids is 2. The highest BCUT2D eigenvalue weighted by Crippen LogP contribution is 2.20. The Balaban J connectivity index is 1.88. The Morgan fingerprint density at radius 1 is 0.900 bits per heavy atom. The summed E-state index contributed by atoms with van der Waals surface area (Å²) in [4.78, 5) is 29.2. The zero-order chi connectivity index (χ0) is 29.1. The van der Waals surface area contributed by atoms with Crippen molar-refractivity contribution in [1.29, 1.82) is 0 Å². The van der Waals surface area contributed by atoms with Crippen molar-refractivity contribution in [2.75, 3.05) is 17.1 Å². The van der Waals surface area contributed by atoms with Crippen molar-refractivity contribution >= 4 is 27.5 Å². The summed E-state index contributed by atoms with van der Waals surface area (Å²) in [6.07, 6.45) is 2.74. The maximum Gasteiger partial charge on any atom is 0.243 e. The van der Waals surface area contributed by atoms with Gasteiger partial charge in [-0.15, -0.1) is 0 Å². The van der Waals surface area contributed by atoms with E-state index in [4.69, 9.17) is 0 Å². The second-order valence-corrected chi connectivity index (χ2v) is 12.2. The van der Waals surface area contributed by atoms with E-state index >= 15 is 0 Å². The molecule has 2 amide bonds. The molecular weight excluding hydrogens is 522 g/mol. The fourth-order valence-electron chi connectivity index (χ4n) is 4.60. The van der Waals surface area contributed by atoms with Gasteiger partial charge in [0.15, 0.2) is 0 Å². The molecule has 0 aromatic heterocycles. The number of hydrogen-bond acceptors (Lipinski definition) is 4. The molecular formula is C32H41N3O4S. The molecule has 3 aromatic rings. The largest absolute Gasteiger partial charge is 0.352 e. The van der Waals surface area contributed by atoms with Crippen LogP contribution in [0.15, 0.2) is 84.9 Å². The van der Waals surface area contributed by atoms with Gasteiger partial charge in [-0.1, -0.05) is 85.3 Å². The van der Waals surface area contributed by atoms with E-state index in [0.717, 1.165) is 23.1 Å². The molecule has 8 heteroatoms. The normalized spacial score (nSPS) is 12.8. The van der Waals surface area contributed by atoms with Gasteiger partial charge < -0.3 is 10.2 Å². The van der Waals surface area contributed by atoms with Crippen molar-refractivity contribution in [3.63, 3.8) is 0 Å². The first-order valence-corrected chi connectivity index (χ1v) is 15.7. The molecule has 3 rings (SSSR count). The van der Waals surface area contributed by atoms with Crippen LogP contribution < -0.4 is 9.62 Å². The summed E-state index contributed by atoms with van der Waals surface area (Å²) in [5.41, 5.74) is 3.52. The Morgan fingerprint density at radius 3 is 2.12 bits per heavy atom. The van der Waals surface area contributed by atoms with Gasteiger partial charge in [0.25, 0.3) is 0 Å². The number of hydrogen-bond donors (Lipinski definition) is 1. The summed E-state index contributed by atoms with van der Waals surface area (Å²) < 4.78 is 26.4. The highest BCUT2D eigenvalue weighted by Gasteiger charge is 2.31. The second kappa shape index (κ2) is 14.7. The lowest BCUT2D eigenvalue weighted by atomic mass is 10.0. The number of carbonyl (C=O) groups is 2. The minimum Gasteiger partial charge on any atom is -0.352 e. The van der Waals surface area contributed by atoms with Crippen LogP contribution >= 0.6 is 0 Å². The summed E-state index contributed by atoms with van der Waals surface area (Å²) in [5, 5.41) is 3.08. The van der Waals surface area contributed by atoms with Crippen molar-refractivity contribution in [3.05, 3.63) is 102 Å². The van der Waals surface area contributed by atoms with Crippen LogP contribution in [0.1, 0.15) is 49.8 Å². The van der Waals surface area contributed by atoms with E-state index in [9.17, 15) is 18.0 Å². The average molecular weight is 564 g/mol. The number of aryl methyl sites for hydroxylation is 1. The molecule has 0 aliphatic carbocycles. The van der Waals surface area contributed by atoms with Crippen LogP contribution in [-0.2, 0) is 32.6 Å². The van der Waals surface area contributed by atoms with Crippen LogP contribution in [0.25, 0.3) is 0 Å². The first-order valence-electron chi connectivity index (χ1n) is 13.8. The maximum absolute atomic E-state index is 13.9. The number of amides is 2. The number of rotatable bonds is 14. The Hall–Kier alpha value is -3.65.